The number of aliphatic hydroxyl groups excluding tert-OH is 1. The standard InChI is InChI=1S/C33H43N7O4/c1-20-14-15-23(32(42)38-26-17-24(33(3,4)5)18-28(44-37-6)30(26)43-8)16-27(20)40(36)19-25(34)21(2)39(7)31(35)29(41)22-12-10-9-11-13-22/h9-19,29,35,37,41H,2,34,36H2,1,3-8H3,(H,38,42)/b25-19-,35-31?. The van der Waals surface area contributed by atoms with E-state index in [4.69, 9.17) is 26.6 Å². The number of rotatable bonds is 11. The second-order valence-electron chi connectivity index (χ2n) is 11.3. The Morgan fingerprint density at radius 1 is 1.14 bits per heavy atom. The van der Waals surface area contributed by atoms with E-state index in [-0.39, 0.29) is 28.6 Å². The first-order valence-corrected chi connectivity index (χ1v) is 13.9. The van der Waals surface area contributed by atoms with Crippen LogP contribution in [0.5, 0.6) is 11.5 Å². The molecular formula is C33H43N7O4. The lowest BCUT2D eigenvalue weighted by Gasteiger charge is -2.27. The number of amides is 1. The average molecular weight is 602 g/mol. The quantitative estimate of drug-likeness (QED) is 0.0601. The van der Waals surface area contributed by atoms with Crippen molar-refractivity contribution in [1.29, 1.82) is 5.41 Å². The summed E-state index contributed by atoms with van der Waals surface area (Å²) in [6, 6.07) is 17.7. The lowest BCUT2D eigenvalue weighted by molar-refractivity contribution is 0.102. The van der Waals surface area contributed by atoms with Crippen molar-refractivity contribution in [3.63, 3.8) is 0 Å². The van der Waals surface area contributed by atoms with E-state index in [1.807, 2.05) is 25.1 Å². The molecule has 0 fully saturated rings. The van der Waals surface area contributed by atoms with Gasteiger partial charge in [0, 0.05) is 25.9 Å². The molecule has 0 bridgehead atoms. The normalized spacial score (nSPS) is 12.2. The van der Waals surface area contributed by atoms with Gasteiger partial charge in [-0.25, -0.2) is 5.84 Å². The van der Waals surface area contributed by atoms with Crippen LogP contribution in [-0.4, -0.2) is 43.0 Å². The van der Waals surface area contributed by atoms with E-state index in [9.17, 15) is 9.90 Å². The van der Waals surface area contributed by atoms with E-state index >= 15 is 0 Å². The van der Waals surface area contributed by atoms with Gasteiger partial charge in [0.2, 0.25) is 0 Å². The fourth-order valence-corrected chi connectivity index (χ4v) is 4.36. The molecular weight excluding hydrogens is 558 g/mol. The highest BCUT2D eigenvalue weighted by atomic mass is 16.7. The first kappa shape index (κ1) is 33.7. The SMILES string of the molecule is C=C(/C(N)=C/N(N)c1cc(C(=O)Nc2cc(C(C)(C)C)cc(ONC)c2OC)ccc1C)N(C)C(=N)C(O)c1ccccc1. The highest BCUT2D eigenvalue weighted by molar-refractivity contribution is 6.06. The van der Waals surface area contributed by atoms with Crippen LogP contribution in [0, 0.1) is 12.3 Å². The summed E-state index contributed by atoms with van der Waals surface area (Å²) in [5, 5.41) is 23.3. The Morgan fingerprint density at radius 3 is 2.39 bits per heavy atom. The van der Waals surface area contributed by atoms with Crippen molar-refractivity contribution in [2.75, 3.05) is 31.5 Å². The average Bonchev–Trinajstić information content (AvgIpc) is 2.99. The topological polar surface area (TPSA) is 162 Å². The van der Waals surface area contributed by atoms with Crippen LogP contribution in [0.1, 0.15) is 53.9 Å². The highest BCUT2D eigenvalue weighted by Crippen LogP contribution is 2.40. The van der Waals surface area contributed by atoms with Crippen LogP contribution in [0.2, 0.25) is 0 Å². The summed E-state index contributed by atoms with van der Waals surface area (Å²) in [4.78, 5) is 20.4. The number of aliphatic hydroxyl groups is 1. The number of amidine groups is 1. The van der Waals surface area contributed by atoms with Gasteiger partial charge in [0.15, 0.2) is 11.5 Å². The highest BCUT2D eigenvalue weighted by Gasteiger charge is 2.23. The van der Waals surface area contributed by atoms with Crippen LogP contribution in [0.3, 0.4) is 0 Å². The van der Waals surface area contributed by atoms with Gasteiger partial charge in [0.25, 0.3) is 5.91 Å². The van der Waals surface area contributed by atoms with Crippen molar-refractivity contribution in [1.82, 2.24) is 10.4 Å². The minimum absolute atomic E-state index is 0.106. The molecule has 0 spiro atoms. The summed E-state index contributed by atoms with van der Waals surface area (Å²) >= 11 is 0. The molecule has 0 aromatic heterocycles. The number of nitrogens with two attached hydrogens (primary N) is 2. The first-order valence-electron chi connectivity index (χ1n) is 13.9. The van der Waals surface area contributed by atoms with E-state index in [1.165, 1.54) is 23.2 Å². The number of hydrogen-bond acceptors (Lipinski definition) is 9. The van der Waals surface area contributed by atoms with Gasteiger partial charge in [0.1, 0.15) is 11.9 Å². The van der Waals surface area contributed by atoms with Crippen molar-refractivity contribution < 1.29 is 19.5 Å². The molecule has 0 saturated heterocycles. The van der Waals surface area contributed by atoms with Gasteiger partial charge in [-0.15, -0.1) is 0 Å². The molecule has 3 aromatic carbocycles. The van der Waals surface area contributed by atoms with E-state index in [0.717, 1.165) is 11.1 Å². The summed E-state index contributed by atoms with van der Waals surface area (Å²) in [6.45, 7) is 12.0. The Balaban J connectivity index is 1.86. The molecule has 44 heavy (non-hydrogen) atoms. The summed E-state index contributed by atoms with van der Waals surface area (Å²) in [5.41, 5.74) is 12.8. The van der Waals surface area contributed by atoms with Gasteiger partial charge in [-0.1, -0.05) is 63.7 Å². The second-order valence-corrected chi connectivity index (χ2v) is 11.3. The molecule has 0 aliphatic rings. The molecule has 11 heteroatoms. The Hall–Kier alpha value is -4.84. The zero-order chi connectivity index (χ0) is 32.8. The summed E-state index contributed by atoms with van der Waals surface area (Å²) < 4.78 is 5.58. The molecule has 0 radical (unpaired) electrons. The number of anilines is 2. The maximum Gasteiger partial charge on any atom is 0.255 e. The lowest BCUT2D eigenvalue weighted by atomic mass is 9.86. The Kier molecular flexibility index (Phi) is 10.8. The number of benzene rings is 3. The van der Waals surface area contributed by atoms with Gasteiger partial charge in [-0.05, 0) is 53.3 Å². The van der Waals surface area contributed by atoms with Crippen LogP contribution in [-0.2, 0) is 5.41 Å². The molecule has 0 saturated carbocycles. The third-order valence-electron chi connectivity index (χ3n) is 7.09. The number of hydrogen-bond donors (Lipinski definition) is 6. The van der Waals surface area contributed by atoms with Crippen LogP contribution in [0.4, 0.5) is 11.4 Å². The Morgan fingerprint density at radius 2 is 1.80 bits per heavy atom. The van der Waals surface area contributed by atoms with Crippen molar-refractivity contribution in [3.8, 4) is 11.5 Å². The minimum Gasteiger partial charge on any atom is -0.491 e. The van der Waals surface area contributed by atoms with Crippen LogP contribution < -0.4 is 37.0 Å². The van der Waals surface area contributed by atoms with Gasteiger partial charge >= 0.3 is 0 Å². The number of carbonyl (C=O) groups is 1. The number of methoxy groups -OCH3 is 1. The summed E-state index contributed by atoms with van der Waals surface area (Å²) in [6.07, 6.45) is 0.281. The molecule has 0 heterocycles. The van der Waals surface area contributed by atoms with Crippen LogP contribution in [0.15, 0.2) is 84.8 Å². The first-order chi connectivity index (χ1) is 20.7. The molecule has 3 rings (SSSR count). The zero-order valence-electron chi connectivity index (χ0n) is 26.4. The number of aryl methyl sites for hydroxylation is 1. The maximum absolute atomic E-state index is 13.5. The minimum atomic E-state index is -1.17. The maximum atomic E-state index is 13.5. The number of likely N-dealkylation sites (N-methyl/N-ethyl adjacent to an activating group) is 1. The van der Waals surface area contributed by atoms with Crippen LogP contribution >= 0.6 is 0 Å². The molecule has 0 aliphatic carbocycles. The molecule has 1 unspecified atom stereocenters. The van der Waals surface area contributed by atoms with Crippen molar-refractivity contribution in [2.45, 2.75) is 39.2 Å². The predicted octanol–water partition coefficient (Wildman–Crippen LogP) is 4.70. The lowest BCUT2D eigenvalue weighted by Crippen LogP contribution is -2.34. The van der Waals surface area contributed by atoms with E-state index in [2.05, 4.69) is 38.1 Å². The zero-order valence-corrected chi connectivity index (χ0v) is 26.4. The predicted molar refractivity (Wildman–Crippen MR) is 175 cm³/mol. The fourth-order valence-electron chi connectivity index (χ4n) is 4.36. The number of nitrogens with one attached hydrogen (secondary N) is 3. The van der Waals surface area contributed by atoms with Crippen molar-refractivity contribution in [3.05, 3.63) is 107 Å². The molecule has 0 aliphatic heterocycles. The number of ether oxygens (including phenoxy) is 1. The molecule has 234 valence electrons. The van der Waals surface area contributed by atoms with Gasteiger partial charge in [0.05, 0.1) is 29.9 Å². The monoisotopic (exact) mass is 601 g/mol. The Labute approximate surface area is 259 Å². The van der Waals surface area contributed by atoms with Gasteiger partial charge < -0.3 is 30.6 Å². The van der Waals surface area contributed by atoms with Crippen molar-refractivity contribution >= 4 is 23.1 Å². The number of carbonyl (C=O) groups excluding carboxylic acids is 1. The van der Waals surface area contributed by atoms with Gasteiger partial charge in [-0.3, -0.25) is 15.2 Å². The Bertz CT molecular complexity index is 1550. The van der Waals surface area contributed by atoms with E-state index < -0.39 is 6.10 Å². The summed E-state index contributed by atoms with van der Waals surface area (Å²) in [7, 11) is 4.73. The smallest absolute Gasteiger partial charge is 0.255 e. The fraction of sp³-hybridized carbons (Fsp3) is 0.273. The van der Waals surface area contributed by atoms with Gasteiger partial charge in [-0.2, -0.15) is 5.48 Å². The third-order valence-corrected chi connectivity index (χ3v) is 7.09. The molecule has 1 atom stereocenters. The van der Waals surface area contributed by atoms with E-state index in [1.54, 1.807) is 56.6 Å². The third kappa shape index (κ3) is 7.75. The number of hydrazine groups is 1. The molecule has 1 amide bonds. The molecule has 11 nitrogen and oxygen atoms in total. The second kappa shape index (κ2) is 14.1. The number of hydroxylamine groups is 1. The molecule has 8 N–H and O–H groups in total. The van der Waals surface area contributed by atoms with Crippen molar-refractivity contribution in [2.24, 2.45) is 11.6 Å². The summed E-state index contributed by atoms with van der Waals surface area (Å²) in [5.74, 6) is 6.70. The largest absolute Gasteiger partial charge is 0.491 e. The number of nitrogens with zero attached hydrogens (tertiary/aromatic N) is 2. The van der Waals surface area contributed by atoms with Crippen LogP contribution in [0.25, 0.3) is 0 Å². The molecule has 3 aromatic rings. The van der Waals surface area contributed by atoms with E-state index in [0.29, 0.717) is 34.0 Å².